The van der Waals surface area contributed by atoms with E-state index in [9.17, 15) is 27.6 Å². The fourth-order valence-electron chi connectivity index (χ4n) is 5.26. The topological polar surface area (TPSA) is 104 Å². The zero-order chi connectivity index (χ0) is 27.7. The Bertz CT molecular complexity index is 1410. The molecule has 5 rings (SSSR count). The molecule has 2 aliphatic rings. The number of piperidine rings is 1. The van der Waals surface area contributed by atoms with Crippen LogP contribution in [0.5, 0.6) is 0 Å². The zero-order valence-electron chi connectivity index (χ0n) is 21.0. The van der Waals surface area contributed by atoms with E-state index in [1.807, 2.05) is 6.07 Å². The lowest BCUT2D eigenvalue weighted by Crippen LogP contribution is -2.59. The molecule has 0 saturated carbocycles. The van der Waals surface area contributed by atoms with Gasteiger partial charge in [0.15, 0.2) is 0 Å². The maximum Gasteiger partial charge on any atom is 0.406 e. The predicted octanol–water partition coefficient (Wildman–Crippen LogP) is 3.63. The first-order valence-corrected chi connectivity index (χ1v) is 12.5. The van der Waals surface area contributed by atoms with E-state index in [0.717, 1.165) is 16.0 Å². The lowest BCUT2D eigenvalue weighted by Gasteiger charge is -2.43. The van der Waals surface area contributed by atoms with Crippen molar-refractivity contribution in [1.82, 2.24) is 20.2 Å². The van der Waals surface area contributed by atoms with Crippen molar-refractivity contribution < 1.29 is 27.6 Å². The molecule has 2 aromatic heterocycles. The standard InChI is InChI=1S/C28H26F3N5O3/c1-16-21(17-6-3-2-4-7-17)13-23(27(39)36(16)15-28(29,30)31)34-26(38)20-10-19-12-24(37)35-25-18(8-5-9-32-25)11-22(19)33-14-20/h2-10,14,16,21,23H,11-13,15H2,1H3,(H,34,38)(H,32,35,37)/t16-,21-,23+/m1/s1. The highest BCUT2D eigenvalue weighted by molar-refractivity contribution is 5.98. The molecule has 1 saturated heterocycles. The number of rotatable bonds is 4. The first kappa shape index (κ1) is 26.3. The molecule has 2 N–H and O–H groups in total. The number of alkyl halides is 3. The lowest BCUT2D eigenvalue weighted by atomic mass is 9.81. The molecule has 0 spiro atoms. The Morgan fingerprint density at radius 2 is 1.85 bits per heavy atom. The Kier molecular flexibility index (Phi) is 7.07. The van der Waals surface area contributed by atoms with Crippen LogP contribution in [-0.4, -0.2) is 57.4 Å². The zero-order valence-corrected chi connectivity index (χ0v) is 21.0. The van der Waals surface area contributed by atoms with Gasteiger partial charge in [-0.3, -0.25) is 19.4 Å². The van der Waals surface area contributed by atoms with Crippen molar-refractivity contribution in [2.45, 2.75) is 50.4 Å². The third kappa shape index (κ3) is 5.76. The molecule has 11 heteroatoms. The Balaban J connectivity index is 1.40. The summed E-state index contributed by atoms with van der Waals surface area (Å²) in [5.74, 6) is -1.72. The maximum atomic E-state index is 13.4. The number of amides is 3. The summed E-state index contributed by atoms with van der Waals surface area (Å²) in [5.41, 5.74) is 2.82. The summed E-state index contributed by atoms with van der Waals surface area (Å²) in [4.78, 5) is 48.3. The summed E-state index contributed by atoms with van der Waals surface area (Å²) in [6.45, 7) is 0.186. The van der Waals surface area contributed by atoms with Crippen LogP contribution < -0.4 is 10.6 Å². The number of hydrogen-bond acceptors (Lipinski definition) is 5. The molecule has 4 heterocycles. The minimum absolute atomic E-state index is 0.0330. The number of nitrogens with one attached hydrogen (secondary N) is 2. The first-order chi connectivity index (χ1) is 18.6. The van der Waals surface area contributed by atoms with Gasteiger partial charge in [-0.15, -0.1) is 0 Å². The Morgan fingerprint density at radius 3 is 2.59 bits per heavy atom. The van der Waals surface area contributed by atoms with Crippen LogP contribution in [-0.2, 0) is 22.4 Å². The van der Waals surface area contributed by atoms with Gasteiger partial charge in [0.25, 0.3) is 5.91 Å². The normalized spacial score (nSPS) is 21.2. The van der Waals surface area contributed by atoms with Gasteiger partial charge in [0.05, 0.1) is 12.0 Å². The van der Waals surface area contributed by atoms with E-state index in [0.29, 0.717) is 23.5 Å². The lowest BCUT2D eigenvalue weighted by molar-refractivity contribution is -0.170. The Labute approximate surface area is 222 Å². The fraction of sp³-hybridized carbons (Fsp3) is 0.321. The van der Waals surface area contributed by atoms with E-state index in [4.69, 9.17) is 0 Å². The molecule has 2 aliphatic heterocycles. The van der Waals surface area contributed by atoms with Crippen LogP contribution in [0.3, 0.4) is 0 Å². The molecule has 0 unspecified atom stereocenters. The van der Waals surface area contributed by atoms with Crippen molar-refractivity contribution >= 4 is 23.5 Å². The smallest absolute Gasteiger partial charge is 0.340 e. The van der Waals surface area contributed by atoms with Gasteiger partial charge in [0, 0.05) is 42.0 Å². The average molecular weight is 538 g/mol. The van der Waals surface area contributed by atoms with Crippen LogP contribution in [0.4, 0.5) is 19.0 Å². The van der Waals surface area contributed by atoms with Crippen molar-refractivity contribution in [2.75, 3.05) is 11.9 Å². The summed E-state index contributed by atoms with van der Waals surface area (Å²) in [5, 5.41) is 5.39. The van der Waals surface area contributed by atoms with E-state index in [1.54, 1.807) is 49.5 Å². The van der Waals surface area contributed by atoms with Crippen LogP contribution in [0.15, 0.2) is 60.9 Å². The van der Waals surface area contributed by atoms with Gasteiger partial charge in [-0.05, 0) is 36.6 Å². The third-order valence-electron chi connectivity index (χ3n) is 7.21. The summed E-state index contributed by atoms with van der Waals surface area (Å²) in [6, 6.07) is 12.2. The molecule has 39 heavy (non-hydrogen) atoms. The predicted molar refractivity (Wildman–Crippen MR) is 136 cm³/mol. The first-order valence-electron chi connectivity index (χ1n) is 12.5. The molecule has 0 aliphatic carbocycles. The molecule has 202 valence electrons. The number of aromatic nitrogens is 2. The van der Waals surface area contributed by atoms with Gasteiger partial charge in [-0.1, -0.05) is 36.4 Å². The van der Waals surface area contributed by atoms with E-state index >= 15 is 0 Å². The van der Waals surface area contributed by atoms with Gasteiger partial charge in [0.1, 0.15) is 18.4 Å². The van der Waals surface area contributed by atoms with Crippen molar-refractivity contribution in [2.24, 2.45) is 0 Å². The molecular formula is C28H26F3N5O3. The van der Waals surface area contributed by atoms with Gasteiger partial charge >= 0.3 is 6.18 Å². The van der Waals surface area contributed by atoms with E-state index < -0.39 is 42.5 Å². The number of pyridine rings is 2. The number of benzene rings is 1. The van der Waals surface area contributed by atoms with Crippen LogP contribution in [0, 0.1) is 0 Å². The number of anilines is 1. The van der Waals surface area contributed by atoms with Gasteiger partial charge in [-0.2, -0.15) is 13.2 Å². The number of halogens is 3. The molecule has 3 amide bonds. The van der Waals surface area contributed by atoms with Gasteiger partial charge in [0.2, 0.25) is 11.8 Å². The minimum atomic E-state index is -4.59. The van der Waals surface area contributed by atoms with E-state index in [2.05, 4.69) is 20.6 Å². The minimum Gasteiger partial charge on any atom is -0.340 e. The number of hydrogen-bond donors (Lipinski definition) is 2. The fourth-order valence-corrected chi connectivity index (χ4v) is 5.26. The average Bonchev–Trinajstić information content (AvgIpc) is 2.89. The van der Waals surface area contributed by atoms with Crippen LogP contribution >= 0.6 is 0 Å². The summed E-state index contributed by atoms with van der Waals surface area (Å²) >= 11 is 0. The van der Waals surface area contributed by atoms with Crippen molar-refractivity contribution in [3.05, 3.63) is 88.9 Å². The highest BCUT2D eigenvalue weighted by Gasteiger charge is 2.45. The molecule has 8 nitrogen and oxygen atoms in total. The molecule has 0 bridgehead atoms. The summed E-state index contributed by atoms with van der Waals surface area (Å²) in [7, 11) is 0. The number of carbonyl (C=O) groups is 3. The quantitative estimate of drug-likeness (QED) is 0.529. The summed E-state index contributed by atoms with van der Waals surface area (Å²) < 4.78 is 40.2. The Morgan fingerprint density at radius 1 is 1.08 bits per heavy atom. The highest BCUT2D eigenvalue weighted by atomic mass is 19.4. The van der Waals surface area contributed by atoms with E-state index in [1.165, 1.54) is 12.3 Å². The van der Waals surface area contributed by atoms with Crippen molar-refractivity contribution in [3.63, 3.8) is 0 Å². The second-order valence-electron chi connectivity index (χ2n) is 9.84. The molecule has 1 fully saturated rings. The monoisotopic (exact) mass is 537 g/mol. The summed E-state index contributed by atoms with van der Waals surface area (Å²) in [6.07, 6.45) is -1.16. The van der Waals surface area contributed by atoms with Gasteiger partial charge in [-0.25, -0.2) is 4.98 Å². The highest BCUT2D eigenvalue weighted by Crippen LogP contribution is 2.35. The largest absolute Gasteiger partial charge is 0.406 e. The number of carbonyl (C=O) groups excluding carboxylic acids is 3. The van der Waals surface area contributed by atoms with Crippen LogP contribution in [0.2, 0.25) is 0 Å². The number of fused-ring (bicyclic) bond motifs is 2. The molecule has 1 aromatic carbocycles. The molecule has 3 aromatic rings. The van der Waals surface area contributed by atoms with Crippen molar-refractivity contribution in [1.29, 1.82) is 0 Å². The van der Waals surface area contributed by atoms with Crippen molar-refractivity contribution in [3.8, 4) is 0 Å². The van der Waals surface area contributed by atoms with Crippen LogP contribution in [0.25, 0.3) is 0 Å². The maximum absolute atomic E-state index is 13.4. The van der Waals surface area contributed by atoms with Gasteiger partial charge < -0.3 is 15.5 Å². The number of likely N-dealkylation sites (tertiary alicyclic amines) is 1. The molecular weight excluding hydrogens is 511 g/mol. The third-order valence-corrected chi connectivity index (χ3v) is 7.21. The Hall–Kier alpha value is -4.28. The second kappa shape index (κ2) is 10.5. The van der Waals surface area contributed by atoms with E-state index in [-0.39, 0.29) is 24.3 Å². The number of nitrogens with zero attached hydrogens (tertiary/aromatic N) is 3. The molecule has 3 atom stereocenters. The van der Waals surface area contributed by atoms with Crippen LogP contribution in [0.1, 0.15) is 52.0 Å². The molecule has 0 radical (unpaired) electrons. The second-order valence-corrected chi connectivity index (χ2v) is 9.84. The SMILES string of the molecule is C[C@@H]1[C@H](c2ccccc2)C[C@H](NC(=O)c2cnc3c(c2)CC(=O)Nc2ncccc2C3)C(=O)N1CC(F)(F)F.